The lowest BCUT2D eigenvalue weighted by Crippen LogP contribution is -2.38. The largest absolute Gasteiger partial charge is 0.393 e. The number of nitrogens with zero attached hydrogens (tertiary/aromatic N) is 2. The van der Waals surface area contributed by atoms with Gasteiger partial charge < -0.3 is 15.0 Å². The minimum absolute atomic E-state index is 0.0565. The molecule has 2 aromatic rings. The molecule has 1 aliphatic rings. The molecule has 1 aromatic carbocycles. The standard InChI is InChI=1S/C15H19N3O2/c1-18-9-16-13-8-10(2-7-14(13)18)15(20)17-11-3-5-12(19)6-4-11/h2,7-9,11-12,19H,3-6H2,1H3,(H,17,20). The summed E-state index contributed by atoms with van der Waals surface area (Å²) in [5, 5.41) is 12.5. The summed E-state index contributed by atoms with van der Waals surface area (Å²) in [5.41, 5.74) is 2.49. The first-order valence-corrected chi connectivity index (χ1v) is 7.03. The molecular formula is C15H19N3O2. The molecule has 2 N–H and O–H groups in total. The number of aromatic nitrogens is 2. The third kappa shape index (κ3) is 2.54. The van der Waals surface area contributed by atoms with Crippen molar-refractivity contribution in [3.8, 4) is 0 Å². The zero-order valence-corrected chi connectivity index (χ0v) is 11.5. The number of imidazole rings is 1. The molecule has 1 aliphatic carbocycles. The summed E-state index contributed by atoms with van der Waals surface area (Å²) in [6, 6.07) is 5.74. The van der Waals surface area contributed by atoms with Crippen molar-refractivity contribution in [2.45, 2.75) is 37.8 Å². The first-order valence-electron chi connectivity index (χ1n) is 7.03. The SMILES string of the molecule is Cn1cnc2cc(C(=O)NC3CCC(O)CC3)ccc21. The van der Waals surface area contributed by atoms with Gasteiger partial charge in [0.25, 0.3) is 5.91 Å². The van der Waals surface area contributed by atoms with Crippen molar-refractivity contribution >= 4 is 16.9 Å². The predicted molar refractivity (Wildman–Crippen MR) is 76.4 cm³/mol. The van der Waals surface area contributed by atoms with E-state index in [0.717, 1.165) is 36.7 Å². The smallest absolute Gasteiger partial charge is 0.251 e. The van der Waals surface area contributed by atoms with Crippen LogP contribution in [0.15, 0.2) is 24.5 Å². The van der Waals surface area contributed by atoms with Gasteiger partial charge in [-0.3, -0.25) is 4.79 Å². The van der Waals surface area contributed by atoms with Gasteiger partial charge in [-0.15, -0.1) is 0 Å². The highest BCUT2D eigenvalue weighted by atomic mass is 16.3. The van der Waals surface area contributed by atoms with Crippen LogP contribution >= 0.6 is 0 Å². The molecule has 5 nitrogen and oxygen atoms in total. The van der Waals surface area contributed by atoms with Gasteiger partial charge in [-0.1, -0.05) is 0 Å². The van der Waals surface area contributed by atoms with Crippen molar-refractivity contribution in [3.63, 3.8) is 0 Å². The third-order valence-corrected chi connectivity index (χ3v) is 4.02. The summed E-state index contributed by atoms with van der Waals surface area (Å²) in [4.78, 5) is 16.5. The number of aliphatic hydroxyl groups is 1. The molecule has 5 heteroatoms. The molecule has 0 atom stereocenters. The average Bonchev–Trinajstić information content (AvgIpc) is 2.82. The van der Waals surface area contributed by atoms with Crippen LogP contribution in [0, 0.1) is 0 Å². The highest BCUT2D eigenvalue weighted by Gasteiger charge is 2.21. The minimum Gasteiger partial charge on any atom is -0.393 e. The molecule has 1 aromatic heterocycles. The zero-order valence-electron chi connectivity index (χ0n) is 11.5. The Labute approximate surface area is 117 Å². The normalized spacial score (nSPS) is 22.9. The quantitative estimate of drug-likeness (QED) is 0.873. The lowest BCUT2D eigenvalue weighted by molar-refractivity contribution is 0.0868. The summed E-state index contributed by atoms with van der Waals surface area (Å²) >= 11 is 0. The fourth-order valence-electron chi connectivity index (χ4n) is 2.77. The number of nitrogens with one attached hydrogen (secondary N) is 1. The Balaban J connectivity index is 1.72. The molecule has 1 heterocycles. The second-order valence-corrected chi connectivity index (χ2v) is 5.54. The van der Waals surface area contributed by atoms with E-state index in [1.54, 1.807) is 6.33 Å². The van der Waals surface area contributed by atoms with E-state index >= 15 is 0 Å². The maximum atomic E-state index is 12.2. The monoisotopic (exact) mass is 273 g/mol. The lowest BCUT2D eigenvalue weighted by atomic mass is 9.93. The summed E-state index contributed by atoms with van der Waals surface area (Å²) < 4.78 is 1.93. The van der Waals surface area contributed by atoms with E-state index in [4.69, 9.17) is 0 Å². The van der Waals surface area contributed by atoms with E-state index in [-0.39, 0.29) is 18.1 Å². The van der Waals surface area contributed by atoms with Crippen LogP contribution in [0.2, 0.25) is 0 Å². The van der Waals surface area contributed by atoms with Gasteiger partial charge in [-0.05, 0) is 43.9 Å². The number of aliphatic hydroxyl groups excluding tert-OH is 1. The first-order chi connectivity index (χ1) is 9.63. The van der Waals surface area contributed by atoms with Crippen molar-refractivity contribution < 1.29 is 9.90 Å². The van der Waals surface area contributed by atoms with Crippen molar-refractivity contribution in [1.82, 2.24) is 14.9 Å². The molecule has 0 spiro atoms. The van der Waals surface area contributed by atoms with E-state index in [1.165, 1.54) is 0 Å². The van der Waals surface area contributed by atoms with Crippen LogP contribution in [-0.4, -0.2) is 32.7 Å². The van der Waals surface area contributed by atoms with Crippen molar-refractivity contribution in [2.24, 2.45) is 7.05 Å². The number of benzene rings is 1. The number of amides is 1. The van der Waals surface area contributed by atoms with Gasteiger partial charge in [0.15, 0.2) is 0 Å². The Morgan fingerprint density at radius 1 is 1.35 bits per heavy atom. The fourth-order valence-corrected chi connectivity index (χ4v) is 2.77. The van der Waals surface area contributed by atoms with E-state index in [0.29, 0.717) is 5.56 Å². The predicted octanol–water partition coefficient (Wildman–Crippen LogP) is 1.61. The highest BCUT2D eigenvalue weighted by molar-refractivity contribution is 5.97. The third-order valence-electron chi connectivity index (χ3n) is 4.02. The van der Waals surface area contributed by atoms with E-state index < -0.39 is 0 Å². The molecule has 0 aliphatic heterocycles. The molecule has 3 rings (SSSR count). The topological polar surface area (TPSA) is 67.2 Å². The van der Waals surface area contributed by atoms with Gasteiger partial charge in [-0.2, -0.15) is 0 Å². The number of fused-ring (bicyclic) bond motifs is 1. The van der Waals surface area contributed by atoms with Gasteiger partial charge in [0.2, 0.25) is 0 Å². The second-order valence-electron chi connectivity index (χ2n) is 5.54. The van der Waals surface area contributed by atoms with Crippen molar-refractivity contribution in [1.29, 1.82) is 0 Å². The summed E-state index contributed by atoms with van der Waals surface area (Å²) in [6.07, 6.45) is 4.77. The number of rotatable bonds is 2. The molecule has 0 saturated heterocycles. The number of hydrogen-bond acceptors (Lipinski definition) is 3. The molecule has 1 amide bonds. The van der Waals surface area contributed by atoms with Crippen LogP contribution < -0.4 is 5.32 Å². The lowest BCUT2D eigenvalue weighted by Gasteiger charge is -2.26. The number of carbonyl (C=O) groups is 1. The zero-order chi connectivity index (χ0) is 14.1. The molecule has 1 fully saturated rings. The minimum atomic E-state index is -0.201. The molecular weight excluding hydrogens is 254 g/mol. The Hall–Kier alpha value is -1.88. The van der Waals surface area contributed by atoms with Crippen LogP contribution in [0.4, 0.5) is 0 Å². The number of carbonyl (C=O) groups excluding carboxylic acids is 1. The number of hydrogen-bond donors (Lipinski definition) is 2. The summed E-state index contributed by atoms with van der Waals surface area (Å²) in [5.74, 6) is -0.0565. The van der Waals surface area contributed by atoms with Crippen LogP contribution in [0.1, 0.15) is 36.0 Å². The Bertz CT molecular complexity index is 627. The van der Waals surface area contributed by atoms with Crippen LogP contribution in [0.5, 0.6) is 0 Å². The van der Waals surface area contributed by atoms with Gasteiger partial charge in [-0.25, -0.2) is 4.98 Å². The molecule has 1 saturated carbocycles. The van der Waals surface area contributed by atoms with Gasteiger partial charge >= 0.3 is 0 Å². The molecule has 20 heavy (non-hydrogen) atoms. The van der Waals surface area contributed by atoms with Gasteiger partial charge in [0, 0.05) is 18.7 Å². The van der Waals surface area contributed by atoms with Gasteiger partial charge in [0.05, 0.1) is 23.5 Å². The maximum absolute atomic E-state index is 12.2. The van der Waals surface area contributed by atoms with Crippen molar-refractivity contribution in [2.75, 3.05) is 0 Å². The van der Waals surface area contributed by atoms with Gasteiger partial charge in [0.1, 0.15) is 0 Å². The molecule has 106 valence electrons. The average molecular weight is 273 g/mol. The highest BCUT2D eigenvalue weighted by Crippen LogP contribution is 2.19. The van der Waals surface area contributed by atoms with E-state index in [1.807, 2.05) is 29.8 Å². The summed E-state index contributed by atoms with van der Waals surface area (Å²) in [7, 11) is 1.93. The molecule has 0 bridgehead atoms. The Morgan fingerprint density at radius 3 is 2.85 bits per heavy atom. The summed E-state index contributed by atoms with van der Waals surface area (Å²) in [6.45, 7) is 0. The first kappa shape index (κ1) is 13.1. The van der Waals surface area contributed by atoms with E-state index in [9.17, 15) is 9.90 Å². The van der Waals surface area contributed by atoms with Crippen LogP contribution in [0.3, 0.4) is 0 Å². The molecule has 0 radical (unpaired) electrons. The van der Waals surface area contributed by atoms with Crippen molar-refractivity contribution in [3.05, 3.63) is 30.1 Å². The maximum Gasteiger partial charge on any atom is 0.251 e. The van der Waals surface area contributed by atoms with E-state index in [2.05, 4.69) is 10.3 Å². The Kier molecular flexibility index (Phi) is 3.44. The molecule has 0 unspecified atom stereocenters. The van der Waals surface area contributed by atoms with Crippen LogP contribution in [0.25, 0.3) is 11.0 Å². The second kappa shape index (κ2) is 5.25. The number of aryl methyl sites for hydroxylation is 1. The fraction of sp³-hybridized carbons (Fsp3) is 0.467. The Morgan fingerprint density at radius 2 is 2.10 bits per heavy atom. The van der Waals surface area contributed by atoms with Crippen LogP contribution in [-0.2, 0) is 7.05 Å².